The fourth-order valence-corrected chi connectivity index (χ4v) is 1.98. The minimum absolute atomic E-state index is 0.208. The van der Waals surface area contributed by atoms with E-state index in [2.05, 4.69) is 4.18 Å². The van der Waals surface area contributed by atoms with Gasteiger partial charge in [-0.2, -0.15) is 25.6 Å². The molecule has 0 aromatic heterocycles. The Morgan fingerprint density at radius 3 is 2.12 bits per heavy atom. The van der Waals surface area contributed by atoms with Gasteiger partial charge in [0, 0.05) is 0 Å². The van der Waals surface area contributed by atoms with E-state index in [1.54, 1.807) is 6.92 Å². The fourth-order valence-electron chi connectivity index (χ4n) is 0.613. The molecule has 0 bridgehead atoms. The van der Waals surface area contributed by atoms with E-state index in [0.29, 0.717) is 6.42 Å². The van der Waals surface area contributed by atoms with Gasteiger partial charge >= 0.3 is 15.4 Å². The molecule has 0 heterocycles. The van der Waals surface area contributed by atoms with Crippen molar-refractivity contribution in [2.75, 3.05) is 12.4 Å². The van der Waals surface area contributed by atoms with Crippen LogP contribution in [-0.2, 0) is 24.4 Å². The molecule has 6 nitrogen and oxygen atoms in total. The first-order valence-corrected chi connectivity index (χ1v) is 7.25. The third kappa shape index (κ3) is 5.14. The SMILES string of the molecule is CCCCS(=O)(=O)OCC(F)(F)S(=O)(=O)O. The Morgan fingerprint density at radius 1 is 1.25 bits per heavy atom. The Labute approximate surface area is 92.5 Å². The second-order valence-electron chi connectivity index (χ2n) is 2.99. The van der Waals surface area contributed by atoms with E-state index in [4.69, 9.17) is 4.55 Å². The first-order valence-electron chi connectivity index (χ1n) is 4.24. The molecule has 0 aliphatic carbocycles. The molecule has 0 saturated heterocycles. The van der Waals surface area contributed by atoms with E-state index in [-0.39, 0.29) is 6.42 Å². The van der Waals surface area contributed by atoms with Gasteiger partial charge in [-0.05, 0) is 6.42 Å². The summed E-state index contributed by atoms with van der Waals surface area (Å²) in [6, 6.07) is 0. The van der Waals surface area contributed by atoms with Crippen LogP contribution in [0.4, 0.5) is 8.78 Å². The highest BCUT2D eigenvalue weighted by atomic mass is 32.2. The topological polar surface area (TPSA) is 97.7 Å². The van der Waals surface area contributed by atoms with Crippen LogP contribution in [0.5, 0.6) is 0 Å². The third-order valence-electron chi connectivity index (χ3n) is 1.53. The summed E-state index contributed by atoms with van der Waals surface area (Å²) in [6.45, 7) is -0.236. The van der Waals surface area contributed by atoms with Crippen LogP contribution in [0, 0.1) is 0 Å². The number of hydrogen-bond donors (Lipinski definition) is 1. The summed E-state index contributed by atoms with van der Waals surface area (Å²) in [6.07, 6.45) is 0.719. The van der Waals surface area contributed by atoms with Crippen molar-refractivity contribution in [3.63, 3.8) is 0 Å². The standard InChI is InChI=1S/C6H12F2O6S2/c1-2-3-4-15(9,10)14-5-6(7,8)16(11,12)13/h2-5H2,1H3,(H,11,12,13). The molecule has 98 valence electrons. The summed E-state index contributed by atoms with van der Waals surface area (Å²) in [5, 5.41) is -4.63. The summed E-state index contributed by atoms with van der Waals surface area (Å²) in [7, 11) is -9.86. The second kappa shape index (κ2) is 5.34. The Balaban J connectivity index is 4.47. The van der Waals surface area contributed by atoms with Crippen LogP contribution in [0.3, 0.4) is 0 Å². The molecule has 0 atom stereocenters. The normalized spacial score (nSPS) is 14.0. The molecular formula is C6H12F2O6S2. The van der Waals surface area contributed by atoms with Gasteiger partial charge in [0.2, 0.25) is 0 Å². The van der Waals surface area contributed by atoms with E-state index >= 15 is 0 Å². The van der Waals surface area contributed by atoms with Gasteiger partial charge in [0.15, 0.2) is 0 Å². The molecule has 16 heavy (non-hydrogen) atoms. The maximum atomic E-state index is 12.6. The van der Waals surface area contributed by atoms with Crippen molar-refractivity contribution in [2.45, 2.75) is 25.0 Å². The molecule has 0 unspecified atom stereocenters. The molecule has 1 N–H and O–H groups in total. The van der Waals surface area contributed by atoms with E-state index in [1.165, 1.54) is 0 Å². The van der Waals surface area contributed by atoms with Crippen LogP contribution in [0.25, 0.3) is 0 Å². The van der Waals surface area contributed by atoms with Crippen molar-refractivity contribution in [3.05, 3.63) is 0 Å². The van der Waals surface area contributed by atoms with Gasteiger partial charge in [-0.15, -0.1) is 0 Å². The first kappa shape index (κ1) is 15.7. The Hall–Kier alpha value is -0.320. The van der Waals surface area contributed by atoms with E-state index < -0.39 is 37.9 Å². The highest BCUT2D eigenvalue weighted by Crippen LogP contribution is 2.21. The Morgan fingerprint density at radius 2 is 1.75 bits per heavy atom. The molecular weight excluding hydrogens is 270 g/mol. The molecule has 0 aliphatic heterocycles. The summed E-state index contributed by atoms with van der Waals surface area (Å²) in [5.41, 5.74) is 0. The molecule has 0 rings (SSSR count). The number of hydrogen-bond acceptors (Lipinski definition) is 5. The molecule has 0 amide bonds. The van der Waals surface area contributed by atoms with Crippen LogP contribution in [0.15, 0.2) is 0 Å². The van der Waals surface area contributed by atoms with Gasteiger partial charge in [0.05, 0.1) is 5.75 Å². The van der Waals surface area contributed by atoms with E-state index in [9.17, 15) is 25.6 Å². The van der Waals surface area contributed by atoms with Crippen LogP contribution < -0.4 is 0 Å². The van der Waals surface area contributed by atoms with Gasteiger partial charge in [-0.3, -0.25) is 8.74 Å². The average molecular weight is 282 g/mol. The zero-order valence-corrected chi connectivity index (χ0v) is 10.0. The predicted molar refractivity (Wildman–Crippen MR) is 51.1 cm³/mol. The lowest BCUT2D eigenvalue weighted by atomic mass is 10.4. The van der Waals surface area contributed by atoms with Crippen molar-refractivity contribution in [1.82, 2.24) is 0 Å². The van der Waals surface area contributed by atoms with Crippen molar-refractivity contribution in [3.8, 4) is 0 Å². The number of rotatable bonds is 7. The van der Waals surface area contributed by atoms with E-state index in [1.807, 2.05) is 0 Å². The number of alkyl halides is 2. The third-order valence-corrected chi connectivity index (χ3v) is 3.67. The maximum absolute atomic E-state index is 12.6. The van der Waals surface area contributed by atoms with Crippen LogP contribution in [0.1, 0.15) is 19.8 Å². The van der Waals surface area contributed by atoms with Crippen molar-refractivity contribution in [1.29, 1.82) is 0 Å². The van der Waals surface area contributed by atoms with Crippen LogP contribution in [0.2, 0.25) is 0 Å². The molecule has 0 spiro atoms. The summed E-state index contributed by atoms with van der Waals surface area (Å²) in [5.74, 6) is -0.481. The molecule has 0 aliphatic rings. The summed E-state index contributed by atoms with van der Waals surface area (Å²) in [4.78, 5) is 0. The molecule has 0 aromatic carbocycles. The van der Waals surface area contributed by atoms with Crippen molar-refractivity contribution >= 4 is 20.2 Å². The average Bonchev–Trinajstić information content (AvgIpc) is 2.10. The lowest BCUT2D eigenvalue weighted by Crippen LogP contribution is -2.34. The van der Waals surface area contributed by atoms with Crippen molar-refractivity contribution < 1.29 is 34.4 Å². The Kier molecular flexibility index (Phi) is 5.23. The monoisotopic (exact) mass is 282 g/mol. The smallest absolute Gasteiger partial charge is 0.281 e. The van der Waals surface area contributed by atoms with Crippen molar-refractivity contribution in [2.24, 2.45) is 0 Å². The minimum Gasteiger partial charge on any atom is -0.281 e. The van der Waals surface area contributed by atoms with Crippen LogP contribution in [-0.4, -0.2) is 39.0 Å². The van der Waals surface area contributed by atoms with Gasteiger partial charge in [0.25, 0.3) is 10.1 Å². The number of unbranched alkanes of at least 4 members (excludes halogenated alkanes) is 1. The quantitative estimate of drug-likeness (QED) is 0.543. The van der Waals surface area contributed by atoms with Crippen LogP contribution >= 0.6 is 0 Å². The Bertz CT molecular complexity index is 412. The lowest BCUT2D eigenvalue weighted by molar-refractivity contribution is 0.0312. The summed E-state index contributed by atoms with van der Waals surface area (Å²) < 4.78 is 79.1. The largest absolute Gasteiger partial charge is 0.393 e. The molecule has 0 radical (unpaired) electrons. The highest BCUT2D eigenvalue weighted by Gasteiger charge is 2.45. The van der Waals surface area contributed by atoms with Gasteiger partial charge in [-0.25, -0.2) is 0 Å². The van der Waals surface area contributed by atoms with Gasteiger partial charge < -0.3 is 0 Å². The summed E-state index contributed by atoms with van der Waals surface area (Å²) >= 11 is 0. The lowest BCUT2D eigenvalue weighted by Gasteiger charge is -2.12. The molecule has 0 fully saturated rings. The fraction of sp³-hybridized carbons (Fsp3) is 1.00. The second-order valence-corrected chi connectivity index (χ2v) is 6.30. The zero-order chi connectivity index (χ0) is 13.0. The highest BCUT2D eigenvalue weighted by molar-refractivity contribution is 7.87. The zero-order valence-electron chi connectivity index (χ0n) is 8.39. The minimum atomic E-state index is -5.67. The first-order chi connectivity index (χ1) is 7.02. The van der Waals surface area contributed by atoms with E-state index in [0.717, 1.165) is 0 Å². The number of halogens is 2. The maximum Gasteiger partial charge on any atom is 0.393 e. The van der Waals surface area contributed by atoms with Gasteiger partial charge in [-0.1, -0.05) is 13.3 Å². The predicted octanol–water partition coefficient (Wildman–Crippen LogP) is 0.614. The molecule has 10 heteroatoms. The van der Waals surface area contributed by atoms with Gasteiger partial charge in [0.1, 0.15) is 6.61 Å². The molecule has 0 saturated carbocycles. The molecule has 0 aromatic rings.